The van der Waals surface area contributed by atoms with E-state index in [0.717, 1.165) is 25.6 Å². The summed E-state index contributed by atoms with van der Waals surface area (Å²) in [6.45, 7) is 15.5. The summed E-state index contributed by atoms with van der Waals surface area (Å²) in [5, 5.41) is 0. The number of methoxy groups -OCH3 is 1. The number of hydrogen-bond donors (Lipinski definition) is 0. The van der Waals surface area contributed by atoms with Crippen molar-refractivity contribution >= 4 is 5.95 Å². The summed E-state index contributed by atoms with van der Waals surface area (Å²) in [6, 6.07) is 1.81. The van der Waals surface area contributed by atoms with Gasteiger partial charge in [-0.15, -0.1) is 0 Å². The number of likely N-dealkylation sites (tertiary alicyclic amines) is 2. The number of unbranched alkanes of at least 4 members (excludes halogenated alkanes) is 3. The van der Waals surface area contributed by atoms with E-state index >= 15 is 0 Å². The van der Waals surface area contributed by atoms with Gasteiger partial charge in [0.1, 0.15) is 0 Å². The van der Waals surface area contributed by atoms with Crippen LogP contribution < -0.4 is 4.90 Å². The molecule has 0 N–H and O–H groups in total. The topological polar surface area (TPSA) is 44.7 Å². The van der Waals surface area contributed by atoms with E-state index in [-0.39, 0.29) is 0 Å². The maximum absolute atomic E-state index is 5.13. The molecule has 3 saturated heterocycles. The fourth-order valence-corrected chi connectivity index (χ4v) is 5.78. The van der Waals surface area contributed by atoms with Gasteiger partial charge < -0.3 is 14.5 Å². The van der Waals surface area contributed by atoms with Crippen LogP contribution in [0.15, 0.2) is 12.4 Å². The second-order valence-electron chi connectivity index (χ2n) is 10.2. The van der Waals surface area contributed by atoms with Crippen LogP contribution in [0.3, 0.4) is 0 Å². The first-order valence-corrected chi connectivity index (χ1v) is 13.7. The average Bonchev–Trinajstić information content (AvgIpc) is 3.11. The predicted octanol–water partition coefficient (Wildman–Crippen LogP) is 4.95. The Bertz CT molecular complexity index is 645. The highest BCUT2D eigenvalue weighted by atomic mass is 16.5. The molecule has 2 unspecified atom stereocenters. The number of fused-ring (bicyclic) bond motifs is 2. The van der Waals surface area contributed by atoms with Crippen LogP contribution in [0.2, 0.25) is 0 Å². The van der Waals surface area contributed by atoms with E-state index in [4.69, 9.17) is 14.7 Å². The molecule has 0 spiro atoms. The van der Waals surface area contributed by atoms with Crippen LogP contribution in [0, 0.1) is 0 Å². The first-order valence-electron chi connectivity index (χ1n) is 13.7. The van der Waals surface area contributed by atoms with Gasteiger partial charge in [0.2, 0.25) is 5.95 Å². The molecule has 0 radical (unpaired) electrons. The first kappa shape index (κ1) is 26.4. The molecule has 188 valence electrons. The highest BCUT2D eigenvalue weighted by Gasteiger charge is 2.41. The van der Waals surface area contributed by atoms with Crippen molar-refractivity contribution in [1.29, 1.82) is 0 Å². The minimum Gasteiger partial charge on any atom is -0.385 e. The number of piperidine rings is 1. The van der Waals surface area contributed by atoms with Gasteiger partial charge in [-0.25, -0.2) is 9.97 Å². The first-order chi connectivity index (χ1) is 16.2. The van der Waals surface area contributed by atoms with E-state index in [0.29, 0.717) is 24.0 Å². The maximum Gasteiger partial charge on any atom is 0.225 e. The molecule has 4 heterocycles. The Kier molecular flexibility index (Phi) is 10.9. The Labute approximate surface area is 203 Å². The molecule has 3 aliphatic rings. The SMILES string of the molecule is CC.COCCCCCCN1CCC(c2cnc(N3C4CCC3CN(C(C)C)C4)nc2)CC1. The largest absolute Gasteiger partial charge is 0.385 e. The van der Waals surface area contributed by atoms with Gasteiger partial charge in [0.15, 0.2) is 0 Å². The summed E-state index contributed by atoms with van der Waals surface area (Å²) in [5.41, 5.74) is 1.34. The molecule has 0 aromatic carbocycles. The van der Waals surface area contributed by atoms with Gasteiger partial charge >= 0.3 is 0 Å². The van der Waals surface area contributed by atoms with Crippen LogP contribution in [0.1, 0.15) is 90.5 Å². The quantitative estimate of drug-likeness (QED) is 0.461. The molecule has 33 heavy (non-hydrogen) atoms. The van der Waals surface area contributed by atoms with E-state index in [2.05, 4.69) is 40.9 Å². The summed E-state index contributed by atoms with van der Waals surface area (Å²) in [6.07, 6.45) is 14.4. The third-order valence-electron chi connectivity index (χ3n) is 7.76. The van der Waals surface area contributed by atoms with Crippen LogP contribution in [0.25, 0.3) is 0 Å². The third kappa shape index (κ3) is 7.12. The van der Waals surface area contributed by atoms with Crippen molar-refractivity contribution in [1.82, 2.24) is 19.8 Å². The molecule has 2 atom stereocenters. The number of hydrogen-bond acceptors (Lipinski definition) is 6. The second kappa shape index (κ2) is 13.6. The zero-order valence-corrected chi connectivity index (χ0v) is 22.0. The zero-order chi connectivity index (χ0) is 23.6. The van der Waals surface area contributed by atoms with Crippen molar-refractivity contribution in [2.45, 2.75) is 103 Å². The number of ether oxygens (including phenoxy) is 1. The van der Waals surface area contributed by atoms with E-state index in [1.165, 1.54) is 76.6 Å². The fraction of sp³-hybridized carbons (Fsp3) is 0.852. The summed E-state index contributed by atoms with van der Waals surface area (Å²) in [4.78, 5) is 17.5. The molecule has 1 aromatic rings. The van der Waals surface area contributed by atoms with E-state index < -0.39 is 0 Å². The van der Waals surface area contributed by atoms with Crippen LogP contribution >= 0.6 is 0 Å². The van der Waals surface area contributed by atoms with Gasteiger partial charge in [0, 0.05) is 57.3 Å². The zero-order valence-electron chi connectivity index (χ0n) is 22.0. The Hall–Kier alpha value is -1.24. The van der Waals surface area contributed by atoms with Gasteiger partial charge in [0.25, 0.3) is 0 Å². The van der Waals surface area contributed by atoms with E-state index in [9.17, 15) is 0 Å². The molecule has 3 fully saturated rings. The molecule has 4 rings (SSSR count). The van der Waals surface area contributed by atoms with Gasteiger partial charge in [-0.2, -0.15) is 0 Å². The van der Waals surface area contributed by atoms with Gasteiger partial charge in [0.05, 0.1) is 0 Å². The van der Waals surface area contributed by atoms with Crippen molar-refractivity contribution in [3.05, 3.63) is 18.0 Å². The Morgan fingerprint density at radius 3 is 2.09 bits per heavy atom. The Balaban J connectivity index is 0.00000149. The number of aromatic nitrogens is 2. The average molecular weight is 460 g/mol. The van der Waals surface area contributed by atoms with E-state index in [1.54, 1.807) is 7.11 Å². The monoisotopic (exact) mass is 459 g/mol. The number of piperazine rings is 1. The van der Waals surface area contributed by atoms with Crippen molar-refractivity contribution in [3.63, 3.8) is 0 Å². The van der Waals surface area contributed by atoms with Crippen LogP contribution in [0.5, 0.6) is 0 Å². The summed E-state index contributed by atoms with van der Waals surface area (Å²) >= 11 is 0. The van der Waals surface area contributed by atoms with Crippen LogP contribution in [-0.2, 0) is 4.74 Å². The van der Waals surface area contributed by atoms with Crippen molar-refractivity contribution in [2.75, 3.05) is 51.3 Å². The van der Waals surface area contributed by atoms with Crippen LogP contribution in [-0.4, -0.2) is 84.3 Å². The number of rotatable bonds is 10. The molecule has 0 aliphatic carbocycles. The van der Waals surface area contributed by atoms with Crippen LogP contribution in [0.4, 0.5) is 5.95 Å². The molecule has 0 amide bonds. The lowest BCUT2D eigenvalue weighted by Crippen LogP contribution is -2.56. The molecule has 0 saturated carbocycles. The minimum atomic E-state index is 0.588. The molecule has 6 nitrogen and oxygen atoms in total. The molecule has 1 aromatic heterocycles. The lowest BCUT2D eigenvalue weighted by atomic mass is 9.91. The fourth-order valence-electron chi connectivity index (χ4n) is 5.78. The normalized spacial score (nSPS) is 24.2. The molecule has 3 aliphatic heterocycles. The number of nitrogens with zero attached hydrogens (tertiary/aromatic N) is 5. The smallest absolute Gasteiger partial charge is 0.225 e. The second-order valence-corrected chi connectivity index (χ2v) is 10.2. The summed E-state index contributed by atoms with van der Waals surface area (Å²) in [5.74, 6) is 1.59. The van der Waals surface area contributed by atoms with Crippen molar-refractivity contribution in [2.24, 2.45) is 0 Å². The molecular weight excluding hydrogens is 410 g/mol. The third-order valence-corrected chi connectivity index (χ3v) is 7.76. The predicted molar refractivity (Wildman–Crippen MR) is 138 cm³/mol. The molecule has 6 heteroatoms. The van der Waals surface area contributed by atoms with Gasteiger partial charge in [-0.3, -0.25) is 4.90 Å². The number of anilines is 1. The Morgan fingerprint density at radius 2 is 1.52 bits per heavy atom. The molecular formula is C27H49N5O. The lowest BCUT2D eigenvalue weighted by Gasteiger charge is -2.42. The highest BCUT2D eigenvalue weighted by Crippen LogP contribution is 2.34. The highest BCUT2D eigenvalue weighted by molar-refractivity contribution is 5.38. The van der Waals surface area contributed by atoms with E-state index in [1.807, 2.05) is 13.8 Å². The van der Waals surface area contributed by atoms with Crippen molar-refractivity contribution < 1.29 is 4.74 Å². The summed E-state index contributed by atoms with van der Waals surface area (Å²) in [7, 11) is 1.79. The molecule has 2 bridgehead atoms. The van der Waals surface area contributed by atoms with Gasteiger partial charge in [-0.05, 0) is 83.5 Å². The lowest BCUT2D eigenvalue weighted by molar-refractivity contribution is 0.176. The van der Waals surface area contributed by atoms with Gasteiger partial charge in [-0.1, -0.05) is 26.7 Å². The maximum atomic E-state index is 5.13. The summed E-state index contributed by atoms with van der Waals surface area (Å²) < 4.78 is 5.13. The standard InChI is InChI=1S/C25H43N5O.C2H6/c1-20(2)29-18-23-8-9-24(19-29)30(23)25-26-16-22(17-27-25)21-10-13-28(14-11-21)12-6-4-5-7-15-31-3;1-2/h16-17,20-21,23-24H,4-15,18-19H2,1-3H3;1-2H3. The van der Waals surface area contributed by atoms with Crippen molar-refractivity contribution in [3.8, 4) is 0 Å². The minimum absolute atomic E-state index is 0.588. The Morgan fingerprint density at radius 1 is 0.909 bits per heavy atom.